The van der Waals surface area contributed by atoms with Gasteiger partial charge in [0.1, 0.15) is 33.9 Å². The fraction of sp³-hybridized carbons (Fsp3) is 0.133. The van der Waals surface area contributed by atoms with Crippen LogP contribution in [0.1, 0.15) is 6.42 Å². The summed E-state index contributed by atoms with van der Waals surface area (Å²) in [6, 6.07) is 6.65. The molecule has 6 heteroatoms. The summed E-state index contributed by atoms with van der Waals surface area (Å²) in [5, 5.41) is 22.0. The van der Waals surface area contributed by atoms with E-state index >= 15 is 0 Å². The van der Waals surface area contributed by atoms with Crippen LogP contribution in [-0.2, 0) is 0 Å². The van der Waals surface area contributed by atoms with Gasteiger partial charge in [-0.15, -0.1) is 0 Å². The topological polar surface area (TPSA) is 100 Å². The zero-order valence-electron chi connectivity index (χ0n) is 10.8. The minimum Gasteiger partial charge on any atom is -0.511 e. The van der Waals surface area contributed by atoms with Crippen molar-refractivity contribution in [2.24, 2.45) is 5.18 Å². The third-order valence-electron chi connectivity index (χ3n) is 3.30. The molecule has 0 radical (unpaired) electrons. The van der Waals surface area contributed by atoms with E-state index in [9.17, 15) is 19.9 Å². The van der Waals surface area contributed by atoms with Crippen LogP contribution < -0.4 is 16.1 Å². The van der Waals surface area contributed by atoms with E-state index in [1.54, 1.807) is 12.1 Å². The lowest BCUT2D eigenvalue weighted by Gasteiger charge is -2.09. The lowest BCUT2D eigenvalue weighted by Crippen LogP contribution is -2.43. The third-order valence-corrected chi connectivity index (χ3v) is 3.30. The fourth-order valence-electron chi connectivity index (χ4n) is 2.28. The number of nitrogens with zero attached hydrogens (tertiary/aromatic N) is 1. The molecule has 2 aromatic rings. The van der Waals surface area contributed by atoms with Crippen LogP contribution in [0, 0.1) is 4.91 Å². The Bertz CT molecular complexity index is 880. The molecular weight excluding hydrogens is 274 g/mol. The van der Waals surface area contributed by atoms with Crippen molar-refractivity contribution in [2.45, 2.75) is 12.5 Å². The summed E-state index contributed by atoms with van der Waals surface area (Å²) < 4.78 is 5.59. The van der Waals surface area contributed by atoms with E-state index < -0.39 is 11.5 Å². The van der Waals surface area contributed by atoms with Gasteiger partial charge in [0, 0.05) is 18.1 Å². The number of phenolic OH excluding ortho intramolecular Hbond substituents is 1. The van der Waals surface area contributed by atoms with Crippen LogP contribution >= 0.6 is 0 Å². The van der Waals surface area contributed by atoms with E-state index in [-0.39, 0.29) is 34.3 Å². The molecule has 0 fully saturated rings. The van der Waals surface area contributed by atoms with Crippen molar-refractivity contribution in [1.29, 1.82) is 0 Å². The summed E-state index contributed by atoms with van der Waals surface area (Å²) in [4.78, 5) is 22.8. The molecule has 0 bridgehead atoms. The van der Waals surface area contributed by atoms with Crippen molar-refractivity contribution >= 4 is 11.8 Å². The molecule has 3 rings (SSSR count). The van der Waals surface area contributed by atoms with Gasteiger partial charge < -0.3 is 14.6 Å². The Balaban J connectivity index is 2.27. The molecular formula is C15H11NO5. The van der Waals surface area contributed by atoms with Crippen molar-refractivity contribution in [3.63, 3.8) is 0 Å². The molecule has 0 aliphatic heterocycles. The van der Waals surface area contributed by atoms with E-state index in [1.807, 2.05) is 0 Å². The van der Waals surface area contributed by atoms with Crippen molar-refractivity contribution in [3.8, 4) is 17.1 Å². The molecule has 0 saturated carbocycles. The Labute approximate surface area is 118 Å². The van der Waals surface area contributed by atoms with Gasteiger partial charge in [-0.25, -0.2) is 0 Å². The number of hydrogen-bond acceptors (Lipinski definition) is 6. The van der Waals surface area contributed by atoms with Crippen LogP contribution in [0.2, 0.25) is 0 Å². The van der Waals surface area contributed by atoms with Gasteiger partial charge in [-0.3, -0.25) is 4.79 Å². The lowest BCUT2D eigenvalue weighted by molar-refractivity contribution is 0.452. The van der Waals surface area contributed by atoms with Gasteiger partial charge >= 0.3 is 0 Å². The number of aliphatic hydroxyl groups is 1. The highest BCUT2D eigenvalue weighted by Crippen LogP contribution is 2.19. The van der Waals surface area contributed by atoms with Gasteiger partial charge in [0.2, 0.25) is 0 Å². The smallest absolute Gasteiger partial charge is 0.196 e. The number of aliphatic hydroxyl groups excluding tert-OH is 1. The first-order chi connectivity index (χ1) is 10.1. The number of phenols is 1. The van der Waals surface area contributed by atoms with Gasteiger partial charge in [0.05, 0.1) is 0 Å². The first-order valence-electron chi connectivity index (χ1n) is 6.28. The maximum absolute atomic E-state index is 12.1. The zero-order chi connectivity index (χ0) is 15.0. The van der Waals surface area contributed by atoms with Gasteiger partial charge in [0.25, 0.3) is 0 Å². The average molecular weight is 285 g/mol. The quantitative estimate of drug-likeness (QED) is 0.802. The maximum atomic E-state index is 12.1. The Hall–Kier alpha value is -2.89. The van der Waals surface area contributed by atoms with E-state index in [0.29, 0.717) is 5.56 Å². The normalized spacial score (nSPS) is 17.0. The zero-order valence-corrected chi connectivity index (χ0v) is 10.8. The summed E-state index contributed by atoms with van der Waals surface area (Å²) in [6.07, 6.45) is 1.42. The van der Waals surface area contributed by atoms with Gasteiger partial charge in [-0.2, -0.15) is 4.91 Å². The minimum absolute atomic E-state index is 0.000182. The monoisotopic (exact) mass is 285 g/mol. The first kappa shape index (κ1) is 13.1. The highest BCUT2D eigenvalue weighted by molar-refractivity contribution is 5.59. The molecule has 1 aliphatic rings. The molecule has 1 aliphatic carbocycles. The third kappa shape index (κ3) is 2.31. The van der Waals surface area contributed by atoms with Crippen molar-refractivity contribution in [2.75, 3.05) is 0 Å². The number of rotatable bonds is 2. The fourth-order valence-corrected chi connectivity index (χ4v) is 2.28. The van der Waals surface area contributed by atoms with Crippen molar-refractivity contribution in [1.82, 2.24) is 0 Å². The van der Waals surface area contributed by atoms with Crippen LogP contribution in [0.25, 0.3) is 23.2 Å². The average Bonchev–Trinajstić information content (AvgIpc) is 2.46. The second-order valence-corrected chi connectivity index (χ2v) is 4.75. The van der Waals surface area contributed by atoms with E-state index in [4.69, 9.17) is 4.42 Å². The molecule has 1 unspecified atom stereocenters. The molecule has 0 spiro atoms. The van der Waals surface area contributed by atoms with Crippen LogP contribution in [0.4, 0.5) is 0 Å². The second-order valence-electron chi connectivity index (χ2n) is 4.75. The van der Waals surface area contributed by atoms with Gasteiger partial charge in [-0.05, 0) is 30.3 Å². The SMILES string of the molecule is O=NC1C=c2oc(-c3ccc(O)cc3)cc(=O)c2=C(O)C1. The number of fused-ring (bicyclic) bond motifs is 1. The molecule has 2 N–H and O–H groups in total. The Kier molecular flexibility index (Phi) is 3.06. The summed E-state index contributed by atoms with van der Waals surface area (Å²) in [6.45, 7) is 0. The molecule has 1 aromatic heterocycles. The second kappa shape index (κ2) is 4.90. The Morgan fingerprint density at radius 3 is 2.57 bits per heavy atom. The number of hydrogen-bond donors (Lipinski definition) is 2. The molecule has 1 atom stereocenters. The molecule has 0 amide bonds. The molecule has 1 heterocycles. The summed E-state index contributed by atoms with van der Waals surface area (Å²) >= 11 is 0. The molecule has 21 heavy (non-hydrogen) atoms. The van der Waals surface area contributed by atoms with E-state index in [1.165, 1.54) is 24.3 Å². The summed E-state index contributed by atoms with van der Waals surface area (Å²) in [7, 11) is 0. The number of benzene rings is 1. The summed E-state index contributed by atoms with van der Waals surface area (Å²) in [5.41, 5.74) is 0.345. The molecule has 1 aromatic carbocycles. The molecule has 6 nitrogen and oxygen atoms in total. The van der Waals surface area contributed by atoms with Crippen LogP contribution in [-0.4, -0.2) is 16.3 Å². The largest absolute Gasteiger partial charge is 0.511 e. The summed E-state index contributed by atoms with van der Waals surface area (Å²) in [5.74, 6) is 0.194. The van der Waals surface area contributed by atoms with Crippen LogP contribution in [0.15, 0.2) is 44.7 Å². The van der Waals surface area contributed by atoms with Crippen molar-refractivity contribution in [3.05, 3.63) is 56.1 Å². The van der Waals surface area contributed by atoms with Crippen molar-refractivity contribution < 1.29 is 14.6 Å². The highest BCUT2D eigenvalue weighted by atomic mass is 16.3. The first-order valence-corrected chi connectivity index (χ1v) is 6.28. The molecule has 0 saturated heterocycles. The van der Waals surface area contributed by atoms with Crippen LogP contribution in [0.5, 0.6) is 5.75 Å². The van der Waals surface area contributed by atoms with E-state index in [2.05, 4.69) is 5.18 Å². The lowest BCUT2D eigenvalue weighted by atomic mass is 10.1. The number of aromatic hydroxyl groups is 1. The molecule has 106 valence electrons. The van der Waals surface area contributed by atoms with E-state index in [0.717, 1.165) is 0 Å². The van der Waals surface area contributed by atoms with Crippen LogP contribution in [0.3, 0.4) is 0 Å². The Morgan fingerprint density at radius 1 is 1.19 bits per heavy atom. The van der Waals surface area contributed by atoms with Gasteiger partial charge in [-0.1, -0.05) is 5.18 Å². The highest BCUT2D eigenvalue weighted by Gasteiger charge is 2.18. The Morgan fingerprint density at radius 2 is 1.90 bits per heavy atom. The maximum Gasteiger partial charge on any atom is 0.196 e. The standard InChI is InChI=1S/C15H11NO5/c17-10-3-1-8(2-4-10)13-7-12(19)15-11(18)5-9(16-20)6-14(15)21-13/h1-4,6-7,9,17-18H,5H2. The number of nitroso groups, excluding NO2 is 1. The minimum atomic E-state index is -0.754. The predicted molar refractivity (Wildman–Crippen MR) is 76.0 cm³/mol. The van der Waals surface area contributed by atoms with Gasteiger partial charge in [0.15, 0.2) is 5.43 Å². The predicted octanol–water partition coefficient (Wildman–Crippen LogP) is 0.998.